The highest BCUT2D eigenvalue weighted by atomic mass is 35.5. The van der Waals surface area contributed by atoms with Crippen LogP contribution < -0.4 is 14.8 Å². The molecule has 110 valence electrons. The first kappa shape index (κ1) is 13.9. The fourth-order valence-electron chi connectivity index (χ4n) is 1.96. The zero-order valence-corrected chi connectivity index (χ0v) is 11.3. The van der Waals surface area contributed by atoms with Gasteiger partial charge in [0.15, 0.2) is 29.0 Å². The SMILES string of the molecule is Fc1cc(CNc2cc3c(cc2Cl)OCO3)cc(F)c1F. The molecule has 0 saturated heterocycles. The molecule has 0 amide bonds. The van der Waals surface area contributed by atoms with E-state index in [1.54, 1.807) is 12.1 Å². The minimum Gasteiger partial charge on any atom is -0.454 e. The number of hydrogen-bond donors (Lipinski definition) is 1. The summed E-state index contributed by atoms with van der Waals surface area (Å²) >= 11 is 6.06. The fourth-order valence-corrected chi connectivity index (χ4v) is 2.18. The van der Waals surface area contributed by atoms with E-state index >= 15 is 0 Å². The molecule has 0 saturated carbocycles. The van der Waals surface area contributed by atoms with Crippen molar-refractivity contribution in [2.75, 3.05) is 12.1 Å². The summed E-state index contributed by atoms with van der Waals surface area (Å²) in [7, 11) is 0. The quantitative estimate of drug-likeness (QED) is 0.865. The third-order valence-corrected chi connectivity index (χ3v) is 3.30. The fraction of sp³-hybridized carbons (Fsp3) is 0.143. The van der Waals surface area contributed by atoms with Crippen molar-refractivity contribution < 1.29 is 22.6 Å². The first-order valence-corrected chi connectivity index (χ1v) is 6.39. The van der Waals surface area contributed by atoms with E-state index in [0.717, 1.165) is 12.1 Å². The normalized spacial score (nSPS) is 12.6. The van der Waals surface area contributed by atoms with Gasteiger partial charge in [-0.2, -0.15) is 0 Å². The summed E-state index contributed by atoms with van der Waals surface area (Å²) in [5, 5.41) is 3.29. The zero-order chi connectivity index (χ0) is 15.0. The van der Waals surface area contributed by atoms with Gasteiger partial charge in [0.25, 0.3) is 0 Å². The van der Waals surface area contributed by atoms with Gasteiger partial charge in [0.1, 0.15) is 0 Å². The predicted molar refractivity (Wildman–Crippen MR) is 71.2 cm³/mol. The van der Waals surface area contributed by atoms with Gasteiger partial charge >= 0.3 is 0 Å². The lowest BCUT2D eigenvalue weighted by Gasteiger charge is -2.10. The van der Waals surface area contributed by atoms with Crippen LogP contribution in [0.4, 0.5) is 18.9 Å². The van der Waals surface area contributed by atoms with Gasteiger partial charge in [-0.05, 0) is 17.7 Å². The maximum atomic E-state index is 13.1. The number of benzene rings is 2. The number of hydrogen-bond acceptors (Lipinski definition) is 3. The highest BCUT2D eigenvalue weighted by molar-refractivity contribution is 6.33. The third kappa shape index (κ3) is 2.71. The second kappa shape index (κ2) is 5.37. The summed E-state index contributed by atoms with van der Waals surface area (Å²) in [6.07, 6.45) is 0. The minimum absolute atomic E-state index is 0.0769. The molecule has 2 aromatic rings. The highest BCUT2D eigenvalue weighted by Gasteiger charge is 2.17. The van der Waals surface area contributed by atoms with Crippen LogP contribution in [0.5, 0.6) is 11.5 Å². The molecule has 21 heavy (non-hydrogen) atoms. The zero-order valence-electron chi connectivity index (χ0n) is 10.6. The van der Waals surface area contributed by atoms with E-state index in [9.17, 15) is 13.2 Å². The molecule has 0 bridgehead atoms. The average Bonchev–Trinajstić information content (AvgIpc) is 2.89. The Bertz CT molecular complexity index is 686. The van der Waals surface area contributed by atoms with Crippen LogP contribution in [0.25, 0.3) is 0 Å². The number of rotatable bonds is 3. The maximum Gasteiger partial charge on any atom is 0.231 e. The van der Waals surface area contributed by atoms with Crippen molar-refractivity contribution >= 4 is 17.3 Å². The molecule has 7 heteroatoms. The van der Waals surface area contributed by atoms with Crippen LogP contribution in [0.1, 0.15) is 5.56 Å². The van der Waals surface area contributed by atoms with Crippen molar-refractivity contribution in [2.45, 2.75) is 6.54 Å². The molecule has 0 unspecified atom stereocenters. The number of halogens is 4. The molecule has 1 aliphatic heterocycles. The summed E-state index contributed by atoms with van der Waals surface area (Å²) in [6.45, 7) is 0.191. The molecule has 3 rings (SSSR count). The van der Waals surface area contributed by atoms with E-state index in [1.165, 1.54) is 0 Å². The Morgan fingerprint density at radius 2 is 1.62 bits per heavy atom. The summed E-state index contributed by atoms with van der Waals surface area (Å²) in [6, 6.07) is 5.05. The van der Waals surface area contributed by atoms with E-state index in [4.69, 9.17) is 21.1 Å². The molecule has 0 fully saturated rings. The average molecular weight is 316 g/mol. The Kier molecular flexibility index (Phi) is 3.55. The summed E-state index contributed by atoms with van der Waals surface area (Å²) in [4.78, 5) is 0. The van der Waals surface area contributed by atoms with Gasteiger partial charge in [-0.3, -0.25) is 0 Å². The first-order chi connectivity index (χ1) is 10.0. The van der Waals surface area contributed by atoms with Gasteiger partial charge in [-0.15, -0.1) is 0 Å². The summed E-state index contributed by atoms with van der Waals surface area (Å²) in [5.41, 5.74) is 0.770. The van der Waals surface area contributed by atoms with E-state index in [2.05, 4.69) is 5.32 Å². The van der Waals surface area contributed by atoms with E-state index in [1.807, 2.05) is 0 Å². The van der Waals surface area contributed by atoms with Crippen molar-refractivity contribution in [2.24, 2.45) is 0 Å². The minimum atomic E-state index is -1.49. The van der Waals surface area contributed by atoms with Crippen LogP contribution in [0, 0.1) is 17.5 Å². The Morgan fingerprint density at radius 1 is 1.00 bits per heavy atom. The molecule has 0 atom stereocenters. The van der Waals surface area contributed by atoms with E-state index < -0.39 is 17.5 Å². The monoisotopic (exact) mass is 315 g/mol. The first-order valence-electron chi connectivity index (χ1n) is 6.01. The smallest absolute Gasteiger partial charge is 0.231 e. The molecule has 0 radical (unpaired) electrons. The molecule has 0 aliphatic carbocycles. The van der Waals surface area contributed by atoms with E-state index in [-0.39, 0.29) is 18.9 Å². The van der Waals surface area contributed by atoms with Crippen LogP contribution in [0.3, 0.4) is 0 Å². The number of anilines is 1. The van der Waals surface area contributed by atoms with Crippen molar-refractivity contribution in [3.05, 3.63) is 52.3 Å². The predicted octanol–water partition coefficient (Wildman–Crippen LogP) is 4.10. The second-order valence-corrected chi connectivity index (χ2v) is 4.82. The van der Waals surface area contributed by atoms with E-state index in [0.29, 0.717) is 22.2 Å². The number of ether oxygens (including phenoxy) is 2. The van der Waals surface area contributed by atoms with Crippen molar-refractivity contribution in [3.8, 4) is 11.5 Å². The Balaban J connectivity index is 1.79. The molecule has 0 aromatic heterocycles. The van der Waals surface area contributed by atoms with Crippen LogP contribution in [-0.2, 0) is 6.54 Å². The second-order valence-electron chi connectivity index (χ2n) is 4.41. The molecule has 2 aromatic carbocycles. The third-order valence-electron chi connectivity index (χ3n) is 2.99. The lowest BCUT2D eigenvalue weighted by atomic mass is 10.2. The van der Waals surface area contributed by atoms with Crippen molar-refractivity contribution in [1.29, 1.82) is 0 Å². The standard InChI is InChI=1S/C14H9ClF3NO2/c15-8-3-12-13(21-6-20-12)4-11(8)19-5-7-1-9(16)14(18)10(17)2-7/h1-4,19H,5-6H2. The lowest BCUT2D eigenvalue weighted by Crippen LogP contribution is -2.03. The summed E-state index contributed by atoms with van der Waals surface area (Å²) in [5.74, 6) is -2.89. The molecular weight excluding hydrogens is 307 g/mol. The molecule has 1 heterocycles. The van der Waals surface area contributed by atoms with Crippen molar-refractivity contribution in [3.63, 3.8) is 0 Å². The van der Waals surface area contributed by atoms with Gasteiger partial charge in [0.2, 0.25) is 6.79 Å². The van der Waals surface area contributed by atoms with Crippen LogP contribution in [0.15, 0.2) is 24.3 Å². The Labute approximate surface area is 123 Å². The topological polar surface area (TPSA) is 30.5 Å². The number of fused-ring (bicyclic) bond motifs is 1. The van der Waals surface area contributed by atoms with Gasteiger partial charge in [0, 0.05) is 18.7 Å². The maximum absolute atomic E-state index is 13.1. The molecule has 0 spiro atoms. The Morgan fingerprint density at radius 3 is 2.29 bits per heavy atom. The summed E-state index contributed by atoms with van der Waals surface area (Å²) < 4.78 is 49.5. The van der Waals surface area contributed by atoms with Crippen molar-refractivity contribution in [1.82, 2.24) is 0 Å². The molecule has 3 nitrogen and oxygen atoms in total. The largest absolute Gasteiger partial charge is 0.454 e. The number of nitrogens with one attached hydrogen (secondary N) is 1. The van der Waals surface area contributed by atoms with Gasteiger partial charge in [-0.25, -0.2) is 13.2 Å². The Hall–Kier alpha value is -2.08. The van der Waals surface area contributed by atoms with Crippen LogP contribution in [0.2, 0.25) is 5.02 Å². The van der Waals surface area contributed by atoms with Gasteiger partial charge in [-0.1, -0.05) is 11.6 Å². The molecule has 1 aliphatic rings. The van der Waals surface area contributed by atoms with Crippen LogP contribution in [-0.4, -0.2) is 6.79 Å². The van der Waals surface area contributed by atoms with Crippen LogP contribution >= 0.6 is 11.6 Å². The lowest BCUT2D eigenvalue weighted by molar-refractivity contribution is 0.174. The van der Waals surface area contributed by atoms with Gasteiger partial charge in [0.05, 0.1) is 10.7 Å². The molecular formula is C14H9ClF3NO2. The molecule has 1 N–H and O–H groups in total. The highest BCUT2D eigenvalue weighted by Crippen LogP contribution is 2.39. The van der Waals surface area contributed by atoms with Gasteiger partial charge < -0.3 is 14.8 Å².